The van der Waals surface area contributed by atoms with Gasteiger partial charge >= 0.3 is 13.5 Å². The molecule has 0 radical (unpaired) electrons. The number of hydrogen-bond donors (Lipinski definition) is 2. The fourth-order valence-corrected chi connectivity index (χ4v) is 13.5. The Morgan fingerprint density at radius 2 is 1.81 bits per heavy atom. The van der Waals surface area contributed by atoms with Gasteiger partial charge in [0.2, 0.25) is 17.7 Å². The minimum atomic E-state index is -4.54. The number of anilines is 1. The highest BCUT2D eigenvalue weighted by molar-refractivity contribution is 7.57. The number of nitrogens with zero attached hydrogens (tertiary/aromatic N) is 5. The van der Waals surface area contributed by atoms with Crippen LogP contribution in [0.25, 0.3) is 10.1 Å². The van der Waals surface area contributed by atoms with E-state index in [1.165, 1.54) is 30.4 Å². The number of carboxylic acids is 1. The second kappa shape index (κ2) is 17.9. The van der Waals surface area contributed by atoms with E-state index in [1.54, 1.807) is 60.5 Å². The molecule has 14 nitrogen and oxygen atoms in total. The first-order valence-corrected chi connectivity index (χ1v) is 24.6. The number of ether oxygens (including phenoxy) is 1. The number of pyridine rings is 1. The van der Waals surface area contributed by atoms with E-state index >= 15 is 4.39 Å². The van der Waals surface area contributed by atoms with E-state index < -0.39 is 43.4 Å². The Labute approximate surface area is 370 Å². The number of nitrogens with one attached hydrogen (secondary N) is 1. The number of hydrogen-bond acceptors (Lipinski definition) is 10. The van der Waals surface area contributed by atoms with Crippen LogP contribution in [-0.4, -0.2) is 118 Å². The van der Waals surface area contributed by atoms with Gasteiger partial charge in [-0.15, -0.1) is 11.3 Å². The van der Waals surface area contributed by atoms with Crippen LogP contribution in [0.15, 0.2) is 73.1 Å². The monoisotopic (exact) mass is 900 g/mol. The lowest BCUT2D eigenvalue weighted by atomic mass is 9.90. The number of aliphatic carboxylic acids is 1. The number of thiophene rings is 1. The molecule has 9 rings (SSSR count). The normalized spacial score (nSPS) is 25.6. The zero-order valence-electron chi connectivity index (χ0n) is 35.5. The number of carbonyl (C=O) groups is 4. The molecule has 0 bridgehead atoms. The van der Waals surface area contributed by atoms with E-state index in [9.17, 15) is 28.8 Å². The summed E-state index contributed by atoms with van der Waals surface area (Å²) in [5.74, 6) is -3.13. The number of amides is 3. The molecule has 2 aromatic carbocycles. The SMILES string of the molecule is CCCN([C@@H](C)C(=O)O)[P@@](=O)(Oc1ccccc1)[C@H](F)c1ccc2sc(C(=O)N[C@H]3C[C@H]4C[C@H]4C[C@H]4CC[C@@H](C(=O)N5CC(c6cnccc6N6CCOCC6)C5)N4C3=O)cc2c1. The summed E-state index contributed by atoms with van der Waals surface area (Å²) in [6.45, 7) is 7.23. The van der Waals surface area contributed by atoms with Crippen LogP contribution < -0.4 is 14.7 Å². The van der Waals surface area contributed by atoms with Gasteiger partial charge in [-0.3, -0.25) is 28.7 Å². The Balaban J connectivity index is 0.908. The molecule has 4 saturated heterocycles. The lowest BCUT2D eigenvalue weighted by molar-refractivity contribution is -0.149. The summed E-state index contributed by atoms with van der Waals surface area (Å²) in [4.78, 5) is 65.7. The summed E-state index contributed by atoms with van der Waals surface area (Å²) in [5.41, 5.74) is 2.28. The number of morpholine rings is 1. The summed E-state index contributed by atoms with van der Waals surface area (Å²) in [6, 6.07) is 13.7. The molecule has 0 spiro atoms. The summed E-state index contributed by atoms with van der Waals surface area (Å²) < 4.78 is 45.0. The van der Waals surface area contributed by atoms with Crippen molar-refractivity contribution >= 4 is 58.3 Å². The number of carboxylic acid groups (broad SMARTS) is 1. The summed E-state index contributed by atoms with van der Waals surface area (Å²) in [7, 11) is -4.54. The second-order valence-corrected chi connectivity index (χ2v) is 21.0. The molecule has 334 valence electrons. The van der Waals surface area contributed by atoms with Gasteiger partial charge in [0.25, 0.3) is 5.91 Å². The third-order valence-electron chi connectivity index (χ3n) is 13.6. The number of likely N-dealkylation sites (tertiary alicyclic amines) is 1. The van der Waals surface area contributed by atoms with Gasteiger partial charge in [-0.2, -0.15) is 0 Å². The van der Waals surface area contributed by atoms with E-state index in [-0.39, 0.29) is 41.6 Å². The third kappa shape index (κ3) is 8.59. The molecule has 0 unspecified atom stereocenters. The topological polar surface area (TPSA) is 162 Å². The molecule has 1 aliphatic carbocycles. The van der Waals surface area contributed by atoms with Gasteiger partial charge in [0.05, 0.1) is 18.1 Å². The summed E-state index contributed by atoms with van der Waals surface area (Å²) in [5, 5.41) is 13.5. The Kier molecular flexibility index (Phi) is 12.3. The average Bonchev–Trinajstić information content (AvgIpc) is 3.62. The number of alkyl halides is 1. The number of fused-ring (bicyclic) bond motifs is 3. The van der Waals surface area contributed by atoms with Gasteiger partial charge in [0.15, 0.2) is 0 Å². The molecule has 4 aliphatic heterocycles. The lowest BCUT2D eigenvalue weighted by Gasteiger charge is -2.44. The molecule has 17 heteroatoms. The van der Waals surface area contributed by atoms with Crippen molar-refractivity contribution in [2.75, 3.05) is 50.8 Å². The van der Waals surface area contributed by atoms with E-state index in [4.69, 9.17) is 9.26 Å². The zero-order chi connectivity index (χ0) is 44.0. The molecule has 8 atom stereocenters. The number of carbonyl (C=O) groups excluding carboxylic acids is 3. The maximum absolute atomic E-state index is 16.9. The number of rotatable bonds is 14. The highest BCUT2D eigenvalue weighted by Gasteiger charge is 2.53. The maximum Gasteiger partial charge on any atom is 0.358 e. The van der Waals surface area contributed by atoms with Crippen molar-refractivity contribution in [1.29, 1.82) is 0 Å². The van der Waals surface area contributed by atoms with Crippen molar-refractivity contribution in [2.45, 2.75) is 88.4 Å². The molecule has 1 saturated carbocycles. The van der Waals surface area contributed by atoms with Gasteiger partial charge in [-0.25, -0.2) is 9.06 Å². The Bertz CT molecular complexity index is 2410. The van der Waals surface area contributed by atoms with Crippen LogP contribution in [0.4, 0.5) is 10.1 Å². The molecule has 3 amide bonds. The first-order chi connectivity index (χ1) is 30.4. The molecule has 4 aromatic rings. The van der Waals surface area contributed by atoms with Crippen molar-refractivity contribution in [1.82, 2.24) is 24.8 Å². The smallest absolute Gasteiger partial charge is 0.358 e. The predicted octanol–water partition coefficient (Wildman–Crippen LogP) is 7.07. The highest BCUT2D eigenvalue weighted by Crippen LogP contribution is 2.64. The first kappa shape index (κ1) is 43.4. The summed E-state index contributed by atoms with van der Waals surface area (Å²) in [6.07, 6.45) is 7.79. The van der Waals surface area contributed by atoms with Gasteiger partial charge in [-0.05, 0) is 105 Å². The number of halogens is 1. The summed E-state index contributed by atoms with van der Waals surface area (Å²) >= 11 is 1.19. The second-order valence-electron chi connectivity index (χ2n) is 17.6. The van der Waals surface area contributed by atoms with Gasteiger partial charge < -0.3 is 34.4 Å². The van der Waals surface area contributed by atoms with Gasteiger partial charge in [0, 0.05) is 73.0 Å². The average molecular weight is 901 g/mol. The maximum atomic E-state index is 16.9. The molecular formula is C46H54FN6O8PS. The lowest BCUT2D eigenvalue weighted by Crippen LogP contribution is -2.59. The Morgan fingerprint density at radius 3 is 2.56 bits per heavy atom. The highest BCUT2D eigenvalue weighted by atomic mass is 32.1. The molecule has 6 heterocycles. The molecule has 63 heavy (non-hydrogen) atoms. The fourth-order valence-electron chi connectivity index (χ4n) is 10.0. The third-order valence-corrected chi connectivity index (χ3v) is 17.3. The van der Waals surface area contributed by atoms with E-state index in [1.807, 2.05) is 17.2 Å². The van der Waals surface area contributed by atoms with Gasteiger partial charge in [0.1, 0.15) is 23.9 Å². The Morgan fingerprint density at radius 1 is 1.05 bits per heavy atom. The van der Waals surface area contributed by atoms with Crippen LogP contribution >= 0.6 is 18.9 Å². The molecular weight excluding hydrogens is 847 g/mol. The van der Waals surface area contributed by atoms with Crippen molar-refractivity contribution in [3.8, 4) is 5.75 Å². The fraction of sp³-hybridized carbons (Fsp3) is 0.500. The molecule has 5 aliphatic rings. The largest absolute Gasteiger partial charge is 0.480 e. The van der Waals surface area contributed by atoms with Crippen LogP contribution in [0.1, 0.15) is 85.0 Å². The number of benzene rings is 2. The standard InChI is InChI=1S/C46H54FN6O8PS/c1-3-15-52(28(2)46(57)58)62(59,61-35-7-5-4-6-8-35)42(47)29-9-12-40-32(20-29)24-41(63-40)43(54)49-37-23-31-21-30(31)22-34-10-11-39(53(34)44(37)55)45(56)51-26-33(27-51)36-25-48-14-13-38(36)50-16-18-60-19-17-50/h4-9,12-14,20,24-25,28,30-31,33-34,37,39,42H,3,10-11,15-19,21-23,26-27H2,1-2H3,(H,49,54)(H,57,58)/t28-,30-,31+,34+,37-,39-,42-,62-/m0/s1. The minimum Gasteiger partial charge on any atom is -0.480 e. The first-order valence-electron chi connectivity index (χ1n) is 22.1. The van der Waals surface area contributed by atoms with Crippen LogP contribution in [-0.2, 0) is 23.7 Å². The molecule has 2 aromatic heterocycles. The Hall–Kier alpha value is -4.89. The van der Waals surface area contributed by atoms with E-state index in [0.717, 1.165) is 48.3 Å². The predicted molar refractivity (Wildman–Crippen MR) is 237 cm³/mol. The van der Waals surface area contributed by atoms with Gasteiger partial charge in [-0.1, -0.05) is 31.2 Å². The van der Waals surface area contributed by atoms with E-state index in [0.29, 0.717) is 72.4 Å². The molecule has 5 fully saturated rings. The van der Waals surface area contributed by atoms with Crippen LogP contribution in [0.5, 0.6) is 5.75 Å². The van der Waals surface area contributed by atoms with E-state index in [2.05, 4.69) is 15.2 Å². The van der Waals surface area contributed by atoms with Crippen LogP contribution in [0.3, 0.4) is 0 Å². The van der Waals surface area contributed by atoms with Crippen molar-refractivity contribution in [3.05, 3.63) is 89.1 Å². The van der Waals surface area contributed by atoms with Crippen molar-refractivity contribution in [2.24, 2.45) is 11.8 Å². The van der Waals surface area contributed by atoms with Crippen LogP contribution in [0.2, 0.25) is 0 Å². The number of aromatic nitrogens is 1. The molecule has 2 N–H and O–H groups in total. The zero-order valence-corrected chi connectivity index (χ0v) is 37.2. The quantitative estimate of drug-likeness (QED) is 0.125. The van der Waals surface area contributed by atoms with Crippen LogP contribution in [0, 0.1) is 11.8 Å². The minimum absolute atomic E-state index is 0.0129. The van der Waals surface area contributed by atoms with Crippen molar-refractivity contribution in [3.63, 3.8) is 0 Å². The van der Waals surface area contributed by atoms with Crippen molar-refractivity contribution < 1.29 is 42.5 Å². The number of para-hydroxylation sites is 1.